The van der Waals surface area contributed by atoms with Gasteiger partial charge in [-0.3, -0.25) is 4.79 Å². The Balaban J connectivity index is 2.01. The molecule has 0 radical (unpaired) electrons. The second kappa shape index (κ2) is 5.71. The summed E-state index contributed by atoms with van der Waals surface area (Å²) in [6.07, 6.45) is 0.373. The Hall–Kier alpha value is -0.780. The second-order valence-corrected chi connectivity index (χ2v) is 4.84. The lowest BCUT2D eigenvalue weighted by Crippen LogP contribution is -2.42. The summed E-state index contributed by atoms with van der Waals surface area (Å²) in [5.74, 6) is -0.366. The standard InChI is InChI=1S/C12H13BrFNO2/c13-10-5-8(1-2-11(10)14)12(16)6-9-7-17-4-3-15-9/h1-2,5,9,15H,3-4,6-7H2. The highest BCUT2D eigenvalue weighted by atomic mass is 79.9. The van der Waals surface area contributed by atoms with E-state index in [-0.39, 0.29) is 17.6 Å². The summed E-state index contributed by atoms with van der Waals surface area (Å²) in [4.78, 5) is 11.9. The van der Waals surface area contributed by atoms with Crippen molar-refractivity contribution in [2.75, 3.05) is 19.8 Å². The molecule has 1 atom stereocenters. The van der Waals surface area contributed by atoms with E-state index in [4.69, 9.17) is 4.74 Å². The molecule has 1 aliphatic rings. The van der Waals surface area contributed by atoms with Crippen molar-refractivity contribution >= 4 is 21.7 Å². The number of carbonyl (C=O) groups is 1. The van der Waals surface area contributed by atoms with Crippen LogP contribution in [0.1, 0.15) is 16.8 Å². The van der Waals surface area contributed by atoms with Crippen LogP contribution in [-0.4, -0.2) is 31.6 Å². The largest absolute Gasteiger partial charge is 0.378 e. The van der Waals surface area contributed by atoms with E-state index in [1.807, 2.05) is 0 Å². The van der Waals surface area contributed by atoms with Crippen molar-refractivity contribution in [3.8, 4) is 0 Å². The molecule has 1 saturated heterocycles. The van der Waals surface area contributed by atoms with Crippen molar-refractivity contribution in [1.82, 2.24) is 5.32 Å². The first kappa shape index (κ1) is 12.7. The zero-order valence-electron chi connectivity index (χ0n) is 9.21. The van der Waals surface area contributed by atoms with Crippen LogP contribution in [0.4, 0.5) is 4.39 Å². The van der Waals surface area contributed by atoms with Crippen LogP contribution in [0.5, 0.6) is 0 Å². The maximum absolute atomic E-state index is 13.0. The fraction of sp³-hybridized carbons (Fsp3) is 0.417. The molecule has 1 aromatic rings. The first-order valence-corrected chi connectivity index (χ1v) is 6.25. The average molecular weight is 302 g/mol. The van der Waals surface area contributed by atoms with E-state index in [9.17, 15) is 9.18 Å². The topological polar surface area (TPSA) is 38.3 Å². The van der Waals surface area contributed by atoms with Crippen molar-refractivity contribution in [2.24, 2.45) is 0 Å². The molecule has 92 valence electrons. The van der Waals surface area contributed by atoms with Crippen molar-refractivity contribution in [2.45, 2.75) is 12.5 Å². The second-order valence-electron chi connectivity index (χ2n) is 3.98. The predicted octanol–water partition coefficient (Wildman–Crippen LogP) is 2.15. The van der Waals surface area contributed by atoms with Gasteiger partial charge in [-0.05, 0) is 34.1 Å². The number of ketones is 1. The fourth-order valence-electron chi connectivity index (χ4n) is 1.76. The van der Waals surface area contributed by atoms with Crippen molar-refractivity contribution in [3.05, 3.63) is 34.1 Å². The first-order valence-electron chi connectivity index (χ1n) is 5.46. The minimum Gasteiger partial charge on any atom is -0.378 e. The third-order valence-electron chi connectivity index (χ3n) is 2.67. The van der Waals surface area contributed by atoms with E-state index in [1.54, 1.807) is 0 Å². The van der Waals surface area contributed by atoms with Gasteiger partial charge in [0.2, 0.25) is 0 Å². The molecule has 0 aromatic heterocycles. The molecule has 0 spiro atoms. The maximum Gasteiger partial charge on any atom is 0.164 e. The average Bonchev–Trinajstić information content (AvgIpc) is 2.34. The van der Waals surface area contributed by atoms with E-state index in [0.29, 0.717) is 29.7 Å². The molecule has 0 bridgehead atoms. The van der Waals surface area contributed by atoms with Crippen LogP contribution in [0.3, 0.4) is 0 Å². The highest BCUT2D eigenvalue weighted by Gasteiger charge is 2.18. The fourth-order valence-corrected chi connectivity index (χ4v) is 2.14. The quantitative estimate of drug-likeness (QED) is 0.870. The van der Waals surface area contributed by atoms with Gasteiger partial charge in [0.25, 0.3) is 0 Å². The van der Waals surface area contributed by atoms with E-state index in [2.05, 4.69) is 21.2 Å². The van der Waals surface area contributed by atoms with Crippen LogP contribution in [0.15, 0.2) is 22.7 Å². The van der Waals surface area contributed by atoms with Gasteiger partial charge in [0, 0.05) is 24.6 Å². The molecule has 0 amide bonds. The minimum absolute atomic E-state index is 0.00583. The zero-order valence-corrected chi connectivity index (χ0v) is 10.8. The summed E-state index contributed by atoms with van der Waals surface area (Å²) < 4.78 is 18.6. The number of benzene rings is 1. The van der Waals surface area contributed by atoms with Crippen molar-refractivity contribution in [1.29, 1.82) is 0 Å². The molecule has 0 aliphatic carbocycles. The minimum atomic E-state index is -0.360. The Labute approximate surface area is 107 Å². The van der Waals surface area contributed by atoms with E-state index < -0.39 is 0 Å². The van der Waals surface area contributed by atoms with Gasteiger partial charge in [0.15, 0.2) is 5.78 Å². The molecule has 1 aliphatic heterocycles. The summed E-state index contributed by atoms with van der Waals surface area (Å²) >= 11 is 3.07. The molecule has 1 N–H and O–H groups in total. The van der Waals surface area contributed by atoms with Crippen LogP contribution < -0.4 is 5.32 Å². The molecular weight excluding hydrogens is 289 g/mol. The number of Topliss-reactive ketones (excluding diaryl/α,β-unsaturated/α-hetero) is 1. The summed E-state index contributed by atoms with van der Waals surface area (Å²) in [5, 5.41) is 3.21. The molecule has 1 unspecified atom stereocenters. The van der Waals surface area contributed by atoms with Crippen LogP contribution in [0, 0.1) is 5.82 Å². The lowest BCUT2D eigenvalue weighted by molar-refractivity contribution is 0.0676. The summed E-state index contributed by atoms with van der Waals surface area (Å²) in [6, 6.07) is 4.37. The highest BCUT2D eigenvalue weighted by Crippen LogP contribution is 2.18. The summed E-state index contributed by atoms with van der Waals surface area (Å²) in [5.41, 5.74) is 0.519. The Bertz CT molecular complexity index is 419. The summed E-state index contributed by atoms with van der Waals surface area (Å²) in [7, 11) is 0. The number of rotatable bonds is 3. The van der Waals surface area contributed by atoms with Crippen LogP contribution >= 0.6 is 15.9 Å². The van der Waals surface area contributed by atoms with Gasteiger partial charge in [-0.25, -0.2) is 4.39 Å². The molecule has 0 saturated carbocycles. The van der Waals surface area contributed by atoms with Crippen LogP contribution in [0.25, 0.3) is 0 Å². The van der Waals surface area contributed by atoms with Gasteiger partial charge in [0.1, 0.15) is 5.82 Å². The van der Waals surface area contributed by atoms with Crippen LogP contribution in [-0.2, 0) is 4.74 Å². The first-order chi connectivity index (χ1) is 8.16. The predicted molar refractivity (Wildman–Crippen MR) is 65.7 cm³/mol. The number of hydrogen-bond acceptors (Lipinski definition) is 3. The third-order valence-corrected chi connectivity index (χ3v) is 3.28. The number of ether oxygens (including phenoxy) is 1. The number of morpholine rings is 1. The Morgan fingerprint density at radius 3 is 3.06 bits per heavy atom. The molecular formula is C12H13BrFNO2. The Kier molecular flexibility index (Phi) is 4.25. The van der Waals surface area contributed by atoms with E-state index >= 15 is 0 Å². The monoisotopic (exact) mass is 301 g/mol. The van der Waals surface area contributed by atoms with Gasteiger partial charge in [0.05, 0.1) is 17.7 Å². The highest BCUT2D eigenvalue weighted by molar-refractivity contribution is 9.10. The van der Waals surface area contributed by atoms with Crippen molar-refractivity contribution in [3.63, 3.8) is 0 Å². The zero-order chi connectivity index (χ0) is 12.3. The van der Waals surface area contributed by atoms with Gasteiger partial charge < -0.3 is 10.1 Å². The smallest absolute Gasteiger partial charge is 0.164 e. The molecule has 2 rings (SSSR count). The van der Waals surface area contributed by atoms with Crippen LogP contribution in [0.2, 0.25) is 0 Å². The van der Waals surface area contributed by atoms with E-state index in [0.717, 1.165) is 6.54 Å². The molecule has 1 fully saturated rings. The number of hydrogen-bond donors (Lipinski definition) is 1. The number of halogens is 2. The maximum atomic E-state index is 13.0. The normalized spacial score (nSPS) is 20.2. The number of carbonyl (C=O) groups excluding carboxylic acids is 1. The van der Waals surface area contributed by atoms with Gasteiger partial charge in [-0.1, -0.05) is 0 Å². The lowest BCUT2D eigenvalue weighted by Gasteiger charge is -2.23. The van der Waals surface area contributed by atoms with Gasteiger partial charge >= 0.3 is 0 Å². The Morgan fingerprint density at radius 1 is 1.59 bits per heavy atom. The number of nitrogens with one attached hydrogen (secondary N) is 1. The van der Waals surface area contributed by atoms with E-state index in [1.165, 1.54) is 18.2 Å². The molecule has 1 aromatic carbocycles. The van der Waals surface area contributed by atoms with Gasteiger partial charge in [-0.2, -0.15) is 0 Å². The van der Waals surface area contributed by atoms with Crippen molar-refractivity contribution < 1.29 is 13.9 Å². The molecule has 17 heavy (non-hydrogen) atoms. The Morgan fingerprint density at radius 2 is 2.41 bits per heavy atom. The molecule has 5 heteroatoms. The lowest BCUT2D eigenvalue weighted by atomic mass is 10.0. The third kappa shape index (κ3) is 3.34. The molecule has 1 heterocycles. The molecule has 3 nitrogen and oxygen atoms in total. The van der Waals surface area contributed by atoms with Gasteiger partial charge in [-0.15, -0.1) is 0 Å². The SMILES string of the molecule is O=C(CC1COCCN1)c1ccc(F)c(Br)c1. The summed E-state index contributed by atoms with van der Waals surface area (Å²) in [6.45, 7) is 2.01.